The van der Waals surface area contributed by atoms with Gasteiger partial charge in [-0.2, -0.15) is 0 Å². The van der Waals surface area contributed by atoms with Crippen molar-refractivity contribution in [1.82, 2.24) is 0 Å². The summed E-state index contributed by atoms with van der Waals surface area (Å²) in [6.07, 6.45) is 0.0355. The molecular weight excluding hydrogens is 201 g/mol. The van der Waals surface area contributed by atoms with Gasteiger partial charge in [-0.3, -0.25) is 0 Å². The molecule has 0 aromatic heterocycles. The molecule has 0 aliphatic heterocycles. The third-order valence-electron chi connectivity index (χ3n) is 2.11. The molecule has 4 heteroatoms. The van der Waals surface area contributed by atoms with Crippen molar-refractivity contribution in [3.05, 3.63) is 29.3 Å². The third kappa shape index (κ3) is 4.69. The fourth-order valence-corrected chi connectivity index (χ4v) is 1.38. The molecule has 0 radical (unpaired) electrons. The second-order valence-electron chi connectivity index (χ2n) is 3.32. The van der Waals surface area contributed by atoms with Crippen LogP contribution in [0.2, 0.25) is 0 Å². The normalized spacial score (nSPS) is 9.20. The molecule has 0 saturated heterocycles. The SMILES string of the molecule is Cc1cccc(C)c1NCCC(=O)[O-].[Na+]. The number of aliphatic carboxylic acids is 1. The first-order valence-corrected chi connectivity index (χ1v) is 4.61. The minimum atomic E-state index is -1.02. The molecule has 1 rings (SSSR count). The zero-order valence-corrected chi connectivity index (χ0v) is 11.5. The Morgan fingerprint density at radius 3 is 2.33 bits per heavy atom. The van der Waals surface area contributed by atoms with E-state index in [2.05, 4.69) is 5.32 Å². The molecule has 15 heavy (non-hydrogen) atoms. The Bertz CT molecular complexity index is 319. The van der Waals surface area contributed by atoms with Crippen LogP contribution in [-0.2, 0) is 4.79 Å². The Balaban J connectivity index is 0.00000196. The molecule has 76 valence electrons. The van der Waals surface area contributed by atoms with Crippen molar-refractivity contribution in [1.29, 1.82) is 0 Å². The number of hydrogen-bond donors (Lipinski definition) is 1. The predicted molar refractivity (Wildman–Crippen MR) is 54.0 cm³/mol. The van der Waals surface area contributed by atoms with Crippen LogP contribution in [0, 0.1) is 13.8 Å². The van der Waals surface area contributed by atoms with Crippen molar-refractivity contribution < 1.29 is 39.5 Å². The van der Waals surface area contributed by atoms with E-state index in [1.165, 1.54) is 0 Å². The molecule has 0 spiro atoms. The number of benzene rings is 1. The monoisotopic (exact) mass is 215 g/mol. The number of carboxylic acids is 1. The molecule has 0 unspecified atom stereocenters. The van der Waals surface area contributed by atoms with E-state index in [0.717, 1.165) is 16.8 Å². The van der Waals surface area contributed by atoms with Gasteiger partial charge in [0.15, 0.2) is 0 Å². The molecule has 1 N–H and O–H groups in total. The van der Waals surface area contributed by atoms with Gasteiger partial charge in [0.1, 0.15) is 0 Å². The van der Waals surface area contributed by atoms with Crippen molar-refractivity contribution in [3.63, 3.8) is 0 Å². The Morgan fingerprint density at radius 1 is 1.33 bits per heavy atom. The number of aryl methyl sites for hydroxylation is 2. The van der Waals surface area contributed by atoms with Crippen LogP contribution in [-0.4, -0.2) is 12.5 Å². The Morgan fingerprint density at radius 2 is 1.87 bits per heavy atom. The van der Waals surface area contributed by atoms with E-state index in [1.54, 1.807) is 0 Å². The molecule has 0 aliphatic rings. The van der Waals surface area contributed by atoms with Crippen LogP contribution in [0.5, 0.6) is 0 Å². The number of carbonyl (C=O) groups is 1. The number of carbonyl (C=O) groups excluding carboxylic acids is 1. The van der Waals surface area contributed by atoms with E-state index in [0.29, 0.717) is 6.54 Å². The zero-order valence-electron chi connectivity index (χ0n) is 9.46. The van der Waals surface area contributed by atoms with Crippen molar-refractivity contribution >= 4 is 11.7 Å². The van der Waals surface area contributed by atoms with E-state index in [9.17, 15) is 9.90 Å². The molecule has 0 amide bonds. The van der Waals surface area contributed by atoms with Gasteiger partial charge in [-0.25, -0.2) is 0 Å². The van der Waals surface area contributed by atoms with E-state index in [-0.39, 0.29) is 36.0 Å². The van der Waals surface area contributed by atoms with Gasteiger partial charge in [0.25, 0.3) is 0 Å². The largest absolute Gasteiger partial charge is 1.00 e. The fourth-order valence-electron chi connectivity index (χ4n) is 1.38. The Kier molecular flexibility index (Phi) is 6.65. The molecule has 3 nitrogen and oxygen atoms in total. The second-order valence-corrected chi connectivity index (χ2v) is 3.32. The predicted octanol–water partition coefficient (Wildman–Crippen LogP) is -2.14. The van der Waals surface area contributed by atoms with E-state index in [4.69, 9.17) is 0 Å². The molecule has 0 bridgehead atoms. The van der Waals surface area contributed by atoms with Gasteiger partial charge in [-0.05, 0) is 25.0 Å². The van der Waals surface area contributed by atoms with E-state index >= 15 is 0 Å². The second kappa shape index (κ2) is 6.88. The minimum Gasteiger partial charge on any atom is -0.550 e. The molecule has 0 saturated carbocycles. The maximum absolute atomic E-state index is 10.2. The average Bonchev–Trinajstić information content (AvgIpc) is 2.09. The minimum absolute atomic E-state index is 0. The van der Waals surface area contributed by atoms with Gasteiger partial charge in [-0.1, -0.05) is 18.2 Å². The summed E-state index contributed by atoms with van der Waals surface area (Å²) in [4.78, 5) is 10.2. The Hall–Kier alpha value is -0.510. The number of carboxylic acid groups (broad SMARTS) is 1. The first-order valence-electron chi connectivity index (χ1n) is 4.61. The number of para-hydroxylation sites is 1. The van der Waals surface area contributed by atoms with E-state index < -0.39 is 5.97 Å². The first kappa shape index (κ1) is 14.5. The molecule has 0 atom stereocenters. The quantitative estimate of drug-likeness (QED) is 0.583. The van der Waals surface area contributed by atoms with Gasteiger partial charge in [0.05, 0.1) is 0 Å². The summed E-state index contributed by atoms with van der Waals surface area (Å²) in [5.74, 6) is -1.02. The smallest absolute Gasteiger partial charge is 0.550 e. The topological polar surface area (TPSA) is 52.2 Å². The number of hydrogen-bond acceptors (Lipinski definition) is 3. The van der Waals surface area contributed by atoms with Crippen LogP contribution in [0.1, 0.15) is 17.5 Å². The van der Waals surface area contributed by atoms with Crippen LogP contribution < -0.4 is 40.0 Å². The van der Waals surface area contributed by atoms with Crippen LogP contribution in [0.15, 0.2) is 18.2 Å². The summed E-state index contributed by atoms with van der Waals surface area (Å²) in [6, 6.07) is 5.97. The summed E-state index contributed by atoms with van der Waals surface area (Å²) in [5, 5.41) is 13.3. The molecular formula is C11H14NNaO2. The molecule has 1 aromatic rings. The number of rotatable bonds is 4. The van der Waals surface area contributed by atoms with Gasteiger partial charge in [-0.15, -0.1) is 0 Å². The van der Waals surface area contributed by atoms with Gasteiger partial charge >= 0.3 is 29.6 Å². The Labute approximate surface area is 112 Å². The molecule has 0 aliphatic carbocycles. The number of anilines is 1. The summed E-state index contributed by atoms with van der Waals surface area (Å²) >= 11 is 0. The van der Waals surface area contributed by atoms with Gasteiger partial charge < -0.3 is 15.2 Å². The van der Waals surface area contributed by atoms with Crippen LogP contribution in [0.4, 0.5) is 5.69 Å². The van der Waals surface area contributed by atoms with Crippen LogP contribution in [0.3, 0.4) is 0 Å². The molecule has 1 aromatic carbocycles. The zero-order chi connectivity index (χ0) is 10.6. The summed E-state index contributed by atoms with van der Waals surface area (Å²) in [7, 11) is 0. The van der Waals surface area contributed by atoms with Gasteiger partial charge in [0.2, 0.25) is 0 Å². The summed E-state index contributed by atoms with van der Waals surface area (Å²) in [6.45, 7) is 4.40. The van der Waals surface area contributed by atoms with Crippen molar-refractivity contribution in [2.24, 2.45) is 0 Å². The first-order chi connectivity index (χ1) is 6.61. The van der Waals surface area contributed by atoms with Crippen molar-refractivity contribution in [2.45, 2.75) is 20.3 Å². The van der Waals surface area contributed by atoms with Crippen LogP contribution in [0.25, 0.3) is 0 Å². The third-order valence-corrected chi connectivity index (χ3v) is 2.11. The molecule has 0 heterocycles. The number of nitrogens with one attached hydrogen (secondary N) is 1. The maximum Gasteiger partial charge on any atom is 1.00 e. The summed E-state index contributed by atoms with van der Waals surface area (Å²) < 4.78 is 0. The van der Waals surface area contributed by atoms with E-state index in [1.807, 2.05) is 32.0 Å². The van der Waals surface area contributed by atoms with Crippen molar-refractivity contribution in [2.75, 3.05) is 11.9 Å². The standard InChI is InChI=1S/C11H15NO2.Na/c1-8-4-3-5-9(2)11(8)12-7-6-10(13)14;/h3-5,12H,6-7H2,1-2H3,(H,13,14);/q;+1/p-1. The van der Waals surface area contributed by atoms with Crippen LogP contribution >= 0.6 is 0 Å². The fraction of sp³-hybridized carbons (Fsp3) is 0.364. The van der Waals surface area contributed by atoms with Crippen molar-refractivity contribution in [3.8, 4) is 0 Å². The van der Waals surface area contributed by atoms with Gasteiger partial charge in [0, 0.05) is 24.6 Å². The average molecular weight is 215 g/mol. The summed E-state index contributed by atoms with van der Waals surface area (Å²) in [5.41, 5.74) is 3.28. The molecule has 0 fully saturated rings. The maximum atomic E-state index is 10.2.